The van der Waals surface area contributed by atoms with E-state index in [4.69, 9.17) is 10.5 Å². The average Bonchev–Trinajstić information content (AvgIpc) is 2.69. The van der Waals surface area contributed by atoms with Crippen LogP contribution < -0.4 is 10.5 Å². The molecule has 2 aromatic rings. The zero-order valence-electron chi connectivity index (χ0n) is 15.3. The van der Waals surface area contributed by atoms with Gasteiger partial charge >= 0.3 is 0 Å². The first kappa shape index (κ1) is 18.5. The first-order valence-electron chi connectivity index (χ1n) is 9.59. The van der Waals surface area contributed by atoms with Gasteiger partial charge in [-0.2, -0.15) is 5.26 Å². The molecule has 0 unspecified atom stereocenters. The highest BCUT2D eigenvalue weighted by molar-refractivity contribution is 9.10. The van der Waals surface area contributed by atoms with E-state index in [1.54, 1.807) is 0 Å². The SMILES string of the molecule is N#Cc1cc(Br)ccc1O[C@H]1c2ccccc2CC[C@@H]1N1CCC[C@@H](N)C1. The molecule has 2 aliphatic rings. The van der Waals surface area contributed by atoms with E-state index in [1.807, 2.05) is 18.2 Å². The largest absolute Gasteiger partial charge is 0.483 e. The minimum Gasteiger partial charge on any atom is -0.483 e. The summed E-state index contributed by atoms with van der Waals surface area (Å²) in [5, 5.41) is 9.54. The maximum atomic E-state index is 9.54. The van der Waals surface area contributed by atoms with Gasteiger partial charge in [-0.1, -0.05) is 40.2 Å². The second-order valence-electron chi connectivity index (χ2n) is 7.49. The standard InChI is InChI=1S/C22H24BrN3O/c23-17-8-10-21(16(12-17)13-24)27-22-19-6-2-1-4-15(19)7-9-20(22)26-11-3-5-18(25)14-26/h1-2,4,6,8,10,12,18,20,22H,3,5,7,9,11,14,25H2/t18-,20+,22+/m1/s1. The van der Waals surface area contributed by atoms with Crippen LogP contribution in [0.1, 0.15) is 42.1 Å². The molecule has 1 aliphatic carbocycles. The lowest BCUT2D eigenvalue weighted by molar-refractivity contribution is 0.0366. The molecule has 1 saturated heterocycles. The summed E-state index contributed by atoms with van der Waals surface area (Å²) in [6.45, 7) is 1.98. The van der Waals surface area contributed by atoms with Crippen LogP contribution in [0.25, 0.3) is 0 Å². The molecule has 5 heteroatoms. The van der Waals surface area contributed by atoms with E-state index in [1.165, 1.54) is 11.1 Å². The van der Waals surface area contributed by atoms with E-state index in [9.17, 15) is 5.26 Å². The van der Waals surface area contributed by atoms with Crippen molar-refractivity contribution < 1.29 is 4.74 Å². The highest BCUT2D eigenvalue weighted by Crippen LogP contribution is 2.38. The lowest BCUT2D eigenvalue weighted by Crippen LogP contribution is -2.51. The molecule has 0 radical (unpaired) electrons. The van der Waals surface area contributed by atoms with E-state index < -0.39 is 0 Å². The van der Waals surface area contributed by atoms with Gasteiger partial charge in [-0.05, 0) is 61.6 Å². The van der Waals surface area contributed by atoms with Crippen LogP contribution in [0.3, 0.4) is 0 Å². The smallest absolute Gasteiger partial charge is 0.139 e. The van der Waals surface area contributed by atoms with Crippen molar-refractivity contribution in [3.63, 3.8) is 0 Å². The second-order valence-corrected chi connectivity index (χ2v) is 8.41. The second kappa shape index (κ2) is 8.02. The fourth-order valence-corrected chi connectivity index (χ4v) is 4.75. The molecule has 4 rings (SSSR count). The van der Waals surface area contributed by atoms with Gasteiger partial charge in [0.05, 0.1) is 11.6 Å². The Morgan fingerprint density at radius 1 is 1.19 bits per heavy atom. The average molecular weight is 426 g/mol. The van der Waals surface area contributed by atoms with E-state index in [2.05, 4.69) is 51.2 Å². The minimum atomic E-state index is -0.0893. The Labute approximate surface area is 169 Å². The van der Waals surface area contributed by atoms with Crippen molar-refractivity contribution in [1.82, 2.24) is 4.90 Å². The molecule has 0 spiro atoms. The zero-order valence-corrected chi connectivity index (χ0v) is 16.9. The Bertz CT molecular complexity index is 863. The molecule has 27 heavy (non-hydrogen) atoms. The van der Waals surface area contributed by atoms with Crippen molar-refractivity contribution in [2.75, 3.05) is 13.1 Å². The van der Waals surface area contributed by atoms with Crippen LogP contribution >= 0.6 is 15.9 Å². The van der Waals surface area contributed by atoms with Gasteiger partial charge in [0, 0.05) is 17.1 Å². The molecule has 0 bridgehead atoms. The third-order valence-corrected chi connectivity index (χ3v) is 6.19. The van der Waals surface area contributed by atoms with Crippen molar-refractivity contribution in [2.45, 2.75) is 43.9 Å². The van der Waals surface area contributed by atoms with Crippen molar-refractivity contribution in [3.8, 4) is 11.8 Å². The number of rotatable bonds is 3. The zero-order chi connectivity index (χ0) is 18.8. The monoisotopic (exact) mass is 425 g/mol. The summed E-state index contributed by atoms with van der Waals surface area (Å²) in [4.78, 5) is 2.50. The molecular formula is C22H24BrN3O. The Morgan fingerprint density at radius 3 is 2.85 bits per heavy atom. The third-order valence-electron chi connectivity index (χ3n) is 5.69. The van der Waals surface area contributed by atoms with Gasteiger partial charge in [0.2, 0.25) is 0 Å². The number of ether oxygens (including phenoxy) is 1. The van der Waals surface area contributed by atoms with E-state index in [0.29, 0.717) is 11.3 Å². The number of fused-ring (bicyclic) bond motifs is 1. The molecule has 3 atom stereocenters. The Morgan fingerprint density at radius 2 is 2.04 bits per heavy atom. The van der Waals surface area contributed by atoms with Crippen molar-refractivity contribution >= 4 is 15.9 Å². The molecule has 1 heterocycles. The first-order chi connectivity index (χ1) is 13.2. The summed E-state index contributed by atoms with van der Waals surface area (Å²) in [7, 11) is 0. The van der Waals surface area contributed by atoms with Crippen LogP contribution in [-0.4, -0.2) is 30.1 Å². The van der Waals surface area contributed by atoms with E-state index in [0.717, 1.165) is 43.2 Å². The molecule has 1 aliphatic heterocycles. The summed E-state index contributed by atoms with van der Waals surface area (Å²) in [6.07, 6.45) is 4.24. The number of likely N-dealkylation sites (tertiary alicyclic amines) is 1. The number of nitrogens with two attached hydrogens (primary N) is 1. The summed E-state index contributed by atoms with van der Waals surface area (Å²) in [5.41, 5.74) is 9.39. The Balaban J connectivity index is 1.69. The quantitative estimate of drug-likeness (QED) is 0.800. The number of benzene rings is 2. The van der Waals surface area contributed by atoms with Crippen LogP contribution in [0, 0.1) is 11.3 Å². The van der Waals surface area contributed by atoms with Crippen molar-refractivity contribution in [1.29, 1.82) is 5.26 Å². The number of halogens is 1. The molecule has 1 fully saturated rings. The number of hydrogen-bond donors (Lipinski definition) is 1. The van der Waals surface area contributed by atoms with Gasteiger partial charge < -0.3 is 10.5 Å². The molecule has 140 valence electrons. The van der Waals surface area contributed by atoms with Crippen LogP contribution in [0.2, 0.25) is 0 Å². The van der Waals surface area contributed by atoms with Crippen LogP contribution in [0.15, 0.2) is 46.9 Å². The molecule has 0 amide bonds. The first-order valence-corrected chi connectivity index (χ1v) is 10.4. The third kappa shape index (κ3) is 3.89. The van der Waals surface area contributed by atoms with Crippen molar-refractivity contribution in [3.05, 3.63) is 63.6 Å². The number of aryl methyl sites for hydroxylation is 1. The molecule has 2 N–H and O–H groups in total. The lowest BCUT2D eigenvalue weighted by Gasteiger charge is -2.43. The predicted octanol–water partition coefficient (Wildman–Crippen LogP) is 4.18. The maximum Gasteiger partial charge on any atom is 0.139 e. The van der Waals surface area contributed by atoms with Gasteiger partial charge in [-0.25, -0.2) is 0 Å². The maximum absolute atomic E-state index is 9.54. The van der Waals surface area contributed by atoms with Gasteiger partial charge in [0.25, 0.3) is 0 Å². The van der Waals surface area contributed by atoms with Crippen LogP contribution in [0.4, 0.5) is 0 Å². The summed E-state index contributed by atoms with van der Waals surface area (Å²) in [5.74, 6) is 0.647. The molecule has 0 aromatic heterocycles. The van der Waals surface area contributed by atoms with Gasteiger partial charge in [0.1, 0.15) is 17.9 Å². The van der Waals surface area contributed by atoms with Crippen molar-refractivity contribution in [2.24, 2.45) is 5.73 Å². The normalized spacial score (nSPS) is 25.4. The van der Waals surface area contributed by atoms with Gasteiger partial charge in [-0.3, -0.25) is 4.90 Å². The highest BCUT2D eigenvalue weighted by Gasteiger charge is 2.37. The molecular weight excluding hydrogens is 402 g/mol. The topological polar surface area (TPSA) is 62.3 Å². The summed E-state index contributed by atoms with van der Waals surface area (Å²) >= 11 is 3.44. The molecule has 4 nitrogen and oxygen atoms in total. The fourth-order valence-electron chi connectivity index (χ4n) is 4.39. The fraction of sp³-hybridized carbons (Fsp3) is 0.409. The minimum absolute atomic E-state index is 0.0893. The lowest BCUT2D eigenvalue weighted by atomic mass is 9.84. The summed E-state index contributed by atoms with van der Waals surface area (Å²) in [6, 6.07) is 16.9. The highest BCUT2D eigenvalue weighted by atomic mass is 79.9. The Kier molecular flexibility index (Phi) is 5.49. The van der Waals surface area contributed by atoms with Crippen LogP contribution in [-0.2, 0) is 6.42 Å². The Hall–Kier alpha value is -1.87. The van der Waals surface area contributed by atoms with Gasteiger partial charge in [0.15, 0.2) is 0 Å². The summed E-state index contributed by atoms with van der Waals surface area (Å²) < 4.78 is 7.42. The van der Waals surface area contributed by atoms with Crippen LogP contribution in [0.5, 0.6) is 5.75 Å². The number of hydrogen-bond acceptors (Lipinski definition) is 4. The number of nitriles is 1. The molecule has 0 saturated carbocycles. The number of piperidine rings is 1. The van der Waals surface area contributed by atoms with E-state index in [-0.39, 0.29) is 18.2 Å². The predicted molar refractivity (Wildman–Crippen MR) is 110 cm³/mol. The number of nitrogens with zero attached hydrogens (tertiary/aromatic N) is 2. The molecule has 2 aromatic carbocycles. The van der Waals surface area contributed by atoms with E-state index >= 15 is 0 Å². The van der Waals surface area contributed by atoms with Gasteiger partial charge in [-0.15, -0.1) is 0 Å².